The van der Waals surface area contributed by atoms with E-state index < -0.39 is 0 Å². The van der Waals surface area contributed by atoms with E-state index in [-0.39, 0.29) is 11.7 Å². The topological polar surface area (TPSA) is 85.8 Å². The number of nitrogens with zero attached hydrogens (tertiary/aromatic N) is 3. The minimum atomic E-state index is -0.0968. The first-order chi connectivity index (χ1) is 11.1. The second-order valence-electron chi connectivity index (χ2n) is 4.80. The molecule has 8 heteroatoms. The Morgan fingerprint density at radius 2 is 2.09 bits per heavy atom. The van der Waals surface area contributed by atoms with Crippen LogP contribution in [0.15, 0.2) is 46.9 Å². The lowest BCUT2D eigenvalue weighted by molar-refractivity contribution is -0.113. The Bertz CT molecular complexity index is 796. The molecular weight excluding hydrogens is 330 g/mol. The number of thiophene rings is 1. The number of hydrogen-bond acceptors (Lipinski definition) is 6. The zero-order chi connectivity index (χ0) is 16.2. The maximum atomic E-state index is 12.0. The SMILES string of the molecule is Cn1c(SCC(=O)Nc2ccc(N)cc2)nnc1-c1cccs1. The predicted octanol–water partition coefficient (Wildman–Crippen LogP) is 2.86. The Labute approximate surface area is 141 Å². The molecule has 0 saturated heterocycles. The lowest BCUT2D eigenvalue weighted by atomic mass is 10.3. The van der Waals surface area contributed by atoms with Crippen LogP contribution in [0.3, 0.4) is 0 Å². The molecule has 0 spiro atoms. The Kier molecular flexibility index (Phi) is 4.63. The van der Waals surface area contributed by atoms with Gasteiger partial charge in [0, 0.05) is 18.4 Å². The molecule has 118 valence electrons. The van der Waals surface area contributed by atoms with Crippen LogP contribution < -0.4 is 11.1 Å². The van der Waals surface area contributed by atoms with E-state index in [1.54, 1.807) is 35.6 Å². The molecule has 0 aliphatic heterocycles. The highest BCUT2D eigenvalue weighted by Gasteiger charge is 2.13. The summed E-state index contributed by atoms with van der Waals surface area (Å²) < 4.78 is 1.90. The maximum absolute atomic E-state index is 12.0. The molecular formula is C15H15N5OS2. The van der Waals surface area contributed by atoms with Crippen molar-refractivity contribution in [1.29, 1.82) is 0 Å². The van der Waals surface area contributed by atoms with Crippen LogP contribution in [0.1, 0.15) is 0 Å². The normalized spacial score (nSPS) is 10.7. The molecule has 2 aromatic heterocycles. The first-order valence-electron chi connectivity index (χ1n) is 6.85. The van der Waals surface area contributed by atoms with Crippen LogP contribution >= 0.6 is 23.1 Å². The van der Waals surface area contributed by atoms with Crippen LogP contribution in [0.25, 0.3) is 10.7 Å². The molecule has 0 bridgehead atoms. The van der Waals surface area contributed by atoms with Crippen LogP contribution in [0, 0.1) is 0 Å². The zero-order valence-corrected chi connectivity index (χ0v) is 14.0. The molecule has 0 aliphatic carbocycles. The number of aromatic nitrogens is 3. The highest BCUT2D eigenvalue weighted by molar-refractivity contribution is 7.99. The Hall–Kier alpha value is -2.32. The van der Waals surface area contributed by atoms with E-state index in [4.69, 9.17) is 5.73 Å². The summed E-state index contributed by atoms with van der Waals surface area (Å²) in [7, 11) is 1.90. The van der Waals surface area contributed by atoms with Crippen molar-refractivity contribution in [3.8, 4) is 10.7 Å². The van der Waals surface area contributed by atoms with Gasteiger partial charge >= 0.3 is 0 Å². The molecule has 3 rings (SSSR count). The Morgan fingerprint density at radius 1 is 1.30 bits per heavy atom. The summed E-state index contributed by atoms with van der Waals surface area (Å²) in [6.45, 7) is 0. The van der Waals surface area contributed by atoms with Crippen molar-refractivity contribution in [2.24, 2.45) is 7.05 Å². The fourth-order valence-corrected chi connectivity index (χ4v) is 3.41. The molecule has 0 saturated carbocycles. The van der Waals surface area contributed by atoms with Gasteiger partial charge in [-0.05, 0) is 35.7 Å². The summed E-state index contributed by atoms with van der Waals surface area (Å²) in [5, 5.41) is 13.9. The number of amides is 1. The minimum Gasteiger partial charge on any atom is -0.399 e. The number of benzene rings is 1. The summed E-state index contributed by atoms with van der Waals surface area (Å²) in [6.07, 6.45) is 0. The van der Waals surface area contributed by atoms with Crippen molar-refractivity contribution in [3.05, 3.63) is 41.8 Å². The van der Waals surface area contributed by atoms with E-state index in [1.807, 2.05) is 29.1 Å². The third-order valence-electron chi connectivity index (χ3n) is 3.10. The molecule has 0 aliphatic rings. The Morgan fingerprint density at radius 3 is 2.78 bits per heavy atom. The first kappa shape index (κ1) is 15.6. The molecule has 1 amide bonds. The van der Waals surface area contributed by atoms with E-state index in [1.165, 1.54) is 11.8 Å². The highest BCUT2D eigenvalue weighted by atomic mass is 32.2. The number of hydrogen-bond donors (Lipinski definition) is 2. The molecule has 2 heterocycles. The maximum Gasteiger partial charge on any atom is 0.234 e. The highest BCUT2D eigenvalue weighted by Crippen LogP contribution is 2.26. The largest absolute Gasteiger partial charge is 0.399 e. The molecule has 0 radical (unpaired) electrons. The molecule has 0 unspecified atom stereocenters. The smallest absolute Gasteiger partial charge is 0.234 e. The predicted molar refractivity (Wildman–Crippen MR) is 94.5 cm³/mol. The molecule has 23 heavy (non-hydrogen) atoms. The summed E-state index contributed by atoms with van der Waals surface area (Å²) in [5.41, 5.74) is 7.01. The van der Waals surface area contributed by atoms with E-state index >= 15 is 0 Å². The number of nitrogens with two attached hydrogens (primary N) is 1. The monoisotopic (exact) mass is 345 g/mol. The third kappa shape index (κ3) is 3.72. The van der Waals surface area contributed by atoms with Crippen LogP contribution in [-0.2, 0) is 11.8 Å². The molecule has 0 atom stereocenters. The number of nitrogen functional groups attached to an aromatic ring is 1. The van der Waals surface area contributed by atoms with Gasteiger partial charge in [0.15, 0.2) is 11.0 Å². The molecule has 1 aromatic carbocycles. The average molecular weight is 345 g/mol. The van der Waals surface area contributed by atoms with Gasteiger partial charge in [-0.15, -0.1) is 21.5 Å². The first-order valence-corrected chi connectivity index (χ1v) is 8.71. The van der Waals surface area contributed by atoms with Crippen molar-refractivity contribution in [2.75, 3.05) is 16.8 Å². The third-order valence-corrected chi connectivity index (χ3v) is 4.99. The summed E-state index contributed by atoms with van der Waals surface area (Å²) in [4.78, 5) is 13.1. The Balaban J connectivity index is 1.60. The van der Waals surface area contributed by atoms with Gasteiger partial charge in [0.05, 0.1) is 10.6 Å². The zero-order valence-electron chi connectivity index (χ0n) is 12.4. The van der Waals surface area contributed by atoms with Gasteiger partial charge < -0.3 is 15.6 Å². The van der Waals surface area contributed by atoms with E-state index in [0.717, 1.165) is 16.4 Å². The molecule has 3 aromatic rings. The van der Waals surface area contributed by atoms with Crippen molar-refractivity contribution < 1.29 is 4.79 Å². The summed E-state index contributed by atoms with van der Waals surface area (Å²) in [5.74, 6) is 0.975. The van der Waals surface area contributed by atoms with Gasteiger partial charge in [-0.1, -0.05) is 17.8 Å². The molecule has 6 nitrogen and oxygen atoms in total. The quantitative estimate of drug-likeness (QED) is 0.548. The second kappa shape index (κ2) is 6.84. The van der Waals surface area contributed by atoms with Gasteiger partial charge in [-0.25, -0.2) is 0 Å². The fourth-order valence-electron chi connectivity index (χ4n) is 1.95. The van der Waals surface area contributed by atoms with Gasteiger partial charge in [-0.2, -0.15) is 0 Å². The van der Waals surface area contributed by atoms with Gasteiger partial charge in [0.2, 0.25) is 5.91 Å². The van der Waals surface area contributed by atoms with Crippen molar-refractivity contribution in [2.45, 2.75) is 5.16 Å². The second-order valence-corrected chi connectivity index (χ2v) is 6.69. The number of carbonyl (C=O) groups is 1. The van der Waals surface area contributed by atoms with Crippen molar-refractivity contribution in [3.63, 3.8) is 0 Å². The van der Waals surface area contributed by atoms with Crippen molar-refractivity contribution in [1.82, 2.24) is 14.8 Å². The van der Waals surface area contributed by atoms with Gasteiger partial charge in [-0.3, -0.25) is 4.79 Å². The lowest BCUT2D eigenvalue weighted by Crippen LogP contribution is -2.14. The van der Waals surface area contributed by atoms with Gasteiger partial charge in [0.1, 0.15) is 0 Å². The van der Waals surface area contributed by atoms with Crippen LogP contribution in [-0.4, -0.2) is 26.4 Å². The fraction of sp³-hybridized carbons (Fsp3) is 0.133. The minimum absolute atomic E-state index is 0.0968. The van der Waals surface area contributed by atoms with E-state index in [2.05, 4.69) is 15.5 Å². The van der Waals surface area contributed by atoms with Crippen LogP contribution in [0.5, 0.6) is 0 Å². The molecule has 0 fully saturated rings. The number of thioether (sulfide) groups is 1. The average Bonchev–Trinajstić information content (AvgIpc) is 3.17. The van der Waals surface area contributed by atoms with Crippen LogP contribution in [0.4, 0.5) is 11.4 Å². The van der Waals surface area contributed by atoms with Gasteiger partial charge in [0.25, 0.3) is 0 Å². The van der Waals surface area contributed by atoms with E-state index in [0.29, 0.717) is 10.8 Å². The number of nitrogens with one attached hydrogen (secondary N) is 1. The number of rotatable bonds is 5. The lowest BCUT2D eigenvalue weighted by Gasteiger charge is -2.05. The number of carbonyl (C=O) groups excluding carboxylic acids is 1. The molecule has 3 N–H and O–H groups in total. The summed E-state index contributed by atoms with van der Waals surface area (Å²) >= 11 is 2.96. The van der Waals surface area contributed by atoms with E-state index in [9.17, 15) is 4.79 Å². The standard InChI is InChI=1S/C15H15N5OS2/c1-20-14(12-3-2-8-22-12)18-19-15(20)23-9-13(21)17-11-6-4-10(16)5-7-11/h2-8H,9,16H2,1H3,(H,17,21). The van der Waals surface area contributed by atoms with Crippen molar-refractivity contribution >= 4 is 40.4 Å². The summed E-state index contributed by atoms with van der Waals surface area (Å²) in [6, 6.07) is 11.0. The number of anilines is 2. The van der Waals surface area contributed by atoms with Crippen LogP contribution in [0.2, 0.25) is 0 Å².